The van der Waals surface area contributed by atoms with Crippen molar-refractivity contribution in [3.05, 3.63) is 51.9 Å². The summed E-state index contributed by atoms with van der Waals surface area (Å²) < 4.78 is 10.8. The van der Waals surface area contributed by atoms with Crippen molar-refractivity contribution in [2.75, 3.05) is 7.05 Å². The van der Waals surface area contributed by atoms with E-state index < -0.39 is 0 Å². The van der Waals surface area contributed by atoms with Gasteiger partial charge in [-0.05, 0) is 30.3 Å². The third-order valence-electron chi connectivity index (χ3n) is 2.38. The van der Waals surface area contributed by atoms with Gasteiger partial charge in [0.1, 0.15) is 18.1 Å². The van der Waals surface area contributed by atoms with Crippen LogP contribution in [0.4, 0.5) is 0 Å². The molecule has 0 saturated heterocycles. The zero-order valence-electron chi connectivity index (χ0n) is 10.1. The molecule has 0 radical (unpaired) electrons. The smallest absolute Gasteiger partial charge is 0.286 e. The summed E-state index contributed by atoms with van der Waals surface area (Å²) in [6.07, 6.45) is 0. The molecular weight excluding hydrogens is 289 g/mol. The van der Waals surface area contributed by atoms with Gasteiger partial charge in [0.05, 0.1) is 5.02 Å². The molecule has 1 aromatic heterocycles. The van der Waals surface area contributed by atoms with E-state index in [-0.39, 0.29) is 18.3 Å². The first-order valence-electron chi connectivity index (χ1n) is 5.49. The maximum atomic E-state index is 11.3. The Morgan fingerprint density at radius 1 is 1.32 bits per heavy atom. The highest BCUT2D eigenvalue weighted by atomic mass is 35.5. The molecule has 2 aromatic rings. The van der Waals surface area contributed by atoms with Crippen LogP contribution in [0.2, 0.25) is 10.0 Å². The van der Waals surface area contributed by atoms with Gasteiger partial charge in [-0.2, -0.15) is 0 Å². The van der Waals surface area contributed by atoms with Crippen molar-refractivity contribution in [3.8, 4) is 5.75 Å². The molecule has 0 unspecified atom stereocenters. The third kappa shape index (κ3) is 3.43. The second kappa shape index (κ2) is 5.99. The highest BCUT2D eigenvalue weighted by Gasteiger charge is 2.10. The molecule has 1 heterocycles. The van der Waals surface area contributed by atoms with Crippen LogP contribution in [0, 0.1) is 0 Å². The molecule has 100 valence electrons. The van der Waals surface area contributed by atoms with Gasteiger partial charge in [0, 0.05) is 12.1 Å². The largest absolute Gasteiger partial charge is 0.484 e. The molecule has 1 N–H and O–H groups in total. The molecule has 0 bridgehead atoms. The van der Waals surface area contributed by atoms with Crippen molar-refractivity contribution in [1.29, 1.82) is 0 Å². The van der Waals surface area contributed by atoms with E-state index in [1.54, 1.807) is 30.3 Å². The quantitative estimate of drug-likeness (QED) is 0.939. The van der Waals surface area contributed by atoms with E-state index in [1.165, 1.54) is 7.05 Å². The van der Waals surface area contributed by atoms with Gasteiger partial charge in [-0.25, -0.2) is 0 Å². The lowest BCUT2D eigenvalue weighted by Gasteiger charge is -2.06. The Morgan fingerprint density at radius 2 is 2.11 bits per heavy atom. The Labute approximate surface area is 120 Å². The molecule has 19 heavy (non-hydrogen) atoms. The fourth-order valence-electron chi connectivity index (χ4n) is 1.44. The summed E-state index contributed by atoms with van der Waals surface area (Å²) in [5.74, 6) is 0.993. The van der Waals surface area contributed by atoms with E-state index in [2.05, 4.69) is 5.32 Å². The summed E-state index contributed by atoms with van der Waals surface area (Å²) >= 11 is 11.8. The Bertz CT molecular complexity index is 595. The first-order valence-corrected chi connectivity index (χ1v) is 6.24. The van der Waals surface area contributed by atoms with Crippen molar-refractivity contribution in [1.82, 2.24) is 5.32 Å². The van der Waals surface area contributed by atoms with Crippen LogP contribution >= 0.6 is 23.2 Å². The molecule has 1 amide bonds. The van der Waals surface area contributed by atoms with Gasteiger partial charge in [0.25, 0.3) is 5.91 Å². The van der Waals surface area contributed by atoms with Gasteiger partial charge in [0.15, 0.2) is 5.76 Å². The molecule has 4 nitrogen and oxygen atoms in total. The minimum Gasteiger partial charge on any atom is -0.484 e. The molecule has 0 spiro atoms. The first-order chi connectivity index (χ1) is 9.10. The average molecular weight is 300 g/mol. The summed E-state index contributed by atoms with van der Waals surface area (Å²) in [7, 11) is 1.54. The first kappa shape index (κ1) is 13.8. The maximum absolute atomic E-state index is 11.3. The maximum Gasteiger partial charge on any atom is 0.286 e. The highest BCUT2D eigenvalue weighted by Crippen LogP contribution is 2.28. The summed E-state index contributed by atoms with van der Waals surface area (Å²) in [4.78, 5) is 11.3. The monoisotopic (exact) mass is 299 g/mol. The molecule has 0 aliphatic heterocycles. The lowest BCUT2D eigenvalue weighted by Crippen LogP contribution is -2.16. The number of nitrogens with one attached hydrogen (secondary N) is 1. The minimum atomic E-state index is -0.282. The molecule has 0 aliphatic carbocycles. The minimum absolute atomic E-state index is 0.179. The number of ether oxygens (including phenoxy) is 1. The molecule has 0 atom stereocenters. The molecule has 0 aliphatic rings. The van der Waals surface area contributed by atoms with Gasteiger partial charge in [-0.15, -0.1) is 0 Å². The fourth-order valence-corrected chi connectivity index (χ4v) is 1.90. The van der Waals surface area contributed by atoms with Crippen molar-refractivity contribution < 1.29 is 13.9 Å². The number of furan rings is 1. The van der Waals surface area contributed by atoms with Gasteiger partial charge >= 0.3 is 0 Å². The second-order valence-electron chi connectivity index (χ2n) is 3.71. The number of benzene rings is 1. The van der Waals surface area contributed by atoms with E-state index in [0.29, 0.717) is 21.6 Å². The van der Waals surface area contributed by atoms with Crippen LogP contribution in [0.3, 0.4) is 0 Å². The van der Waals surface area contributed by atoms with E-state index >= 15 is 0 Å². The third-order valence-corrected chi connectivity index (χ3v) is 2.91. The van der Waals surface area contributed by atoms with Crippen molar-refractivity contribution in [2.45, 2.75) is 6.61 Å². The summed E-state index contributed by atoms with van der Waals surface area (Å²) in [6, 6.07) is 8.21. The van der Waals surface area contributed by atoms with Crippen LogP contribution in [0.1, 0.15) is 16.3 Å². The predicted molar refractivity (Wildman–Crippen MR) is 72.9 cm³/mol. The van der Waals surface area contributed by atoms with E-state index in [9.17, 15) is 4.79 Å². The van der Waals surface area contributed by atoms with Crippen LogP contribution in [0.25, 0.3) is 0 Å². The number of carbonyl (C=O) groups excluding carboxylic acids is 1. The Kier molecular flexibility index (Phi) is 4.35. The van der Waals surface area contributed by atoms with E-state index in [4.69, 9.17) is 32.4 Å². The van der Waals surface area contributed by atoms with E-state index in [1.807, 2.05) is 0 Å². The normalized spacial score (nSPS) is 10.3. The molecule has 6 heteroatoms. The lowest BCUT2D eigenvalue weighted by atomic mass is 10.3. The standard InChI is InChI=1S/C13H11Cl2NO3/c1-16-13(17)12-5-3-9(19-12)7-18-11-4-2-8(14)6-10(11)15/h2-6H,7H2,1H3,(H,16,17). The summed E-state index contributed by atoms with van der Waals surface area (Å²) in [5.41, 5.74) is 0. The topological polar surface area (TPSA) is 51.5 Å². The molecule has 2 rings (SSSR count). The predicted octanol–water partition coefficient (Wildman–Crippen LogP) is 3.53. The van der Waals surface area contributed by atoms with Crippen LogP contribution in [0.5, 0.6) is 5.75 Å². The van der Waals surface area contributed by atoms with Crippen molar-refractivity contribution >= 4 is 29.1 Å². The van der Waals surface area contributed by atoms with Gasteiger partial charge < -0.3 is 14.5 Å². The molecule has 1 aromatic carbocycles. The number of rotatable bonds is 4. The zero-order valence-corrected chi connectivity index (χ0v) is 11.6. The second-order valence-corrected chi connectivity index (χ2v) is 4.55. The molecular formula is C13H11Cl2NO3. The summed E-state index contributed by atoms with van der Waals surface area (Å²) in [6.45, 7) is 0.179. The zero-order chi connectivity index (χ0) is 13.8. The SMILES string of the molecule is CNC(=O)c1ccc(COc2ccc(Cl)cc2Cl)o1. The fraction of sp³-hybridized carbons (Fsp3) is 0.154. The van der Waals surface area contributed by atoms with Gasteiger partial charge in [0.2, 0.25) is 0 Å². The van der Waals surface area contributed by atoms with E-state index in [0.717, 1.165) is 0 Å². The highest BCUT2D eigenvalue weighted by molar-refractivity contribution is 6.35. The van der Waals surface area contributed by atoms with Gasteiger partial charge in [-0.3, -0.25) is 4.79 Å². The Morgan fingerprint density at radius 3 is 2.79 bits per heavy atom. The van der Waals surface area contributed by atoms with Crippen molar-refractivity contribution in [3.63, 3.8) is 0 Å². The number of hydrogen-bond acceptors (Lipinski definition) is 3. The van der Waals surface area contributed by atoms with Gasteiger partial charge in [-0.1, -0.05) is 23.2 Å². The number of hydrogen-bond donors (Lipinski definition) is 1. The number of amides is 1. The molecule has 0 saturated carbocycles. The lowest BCUT2D eigenvalue weighted by molar-refractivity contribution is 0.0931. The van der Waals surface area contributed by atoms with Crippen molar-refractivity contribution in [2.24, 2.45) is 0 Å². The van der Waals surface area contributed by atoms with Crippen LogP contribution in [-0.2, 0) is 6.61 Å². The van der Waals surface area contributed by atoms with Crippen LogP contribution in [0.15, 0.2) is 34.7 Å². The van der Waals surface area contributed by atoms with Crippen LogP contribution in [-0.4, -0.2) is 13.0 Å². The number of carbonyl (C=O) groups is 1. The summed E-state index contributed by atoms with van der Waals surface area (Å²) in [5, 5.41) is 3.44. The Hall–Kier alpha value is -1.65. The van der Waals surface area contributed by atoms with Crippen LogP contribution < -0.4 is 10.1 Å². The number of halogens is 2. The average Bonchev–Trinajstić information content (AvgIpc) is 2.85. The molecule has 0 fully saturated rings. The Balaban J connectivity index is 2.02.